The molecule has 0 aliphatic rings. The average Bonchev–Trinajstić information content (AvgIpc) is 2.53. The molecule has 4 nitrogen and oxygen atoms in total. The molecular formula is C16H16N4. The van der Waals surface area contributed by atoms with Gasteiger partial charge >= 0.3 is 0 Å². The van der Waals surface area contributed by atoms with E-state index in [2.05, 4.69) is 39.7 Å². The van der Waals surface area contributed by atoms with E-state index >= 15 is 0 Å². The molecule has 2 heterocycles. The van der Waals surface area contributed by atoms with Gasteiger partial charge in [0.05, 0.1) is 11.6 Å². The van der Waals surface area contributed by atoms with Gasteiger partial charge in [0, 0.05) is 24.0 Å². The van der Waals surface area contributed by atoms with E-state index in [1.807, 2.05) is 24.4 Å². The fourth-order valence-corrected chi connectivity index (χ4v) is 2.34. The van der Waals surface area contributed by atoms with Gasteiger partial charge in [0.25, 0.3) is 0 Å². The minimum Gasteiger partial charge on any atom is -0.271 e. The molecule has 1 unspecified atom stereocenters. The first-order valence-electron chi connectivity index (χ1n) is 6.56. The number of hydrogen-bond acceptors (Lipinski definition) is 4. The summed E-state index contributed by atoms with van der Waals surface area (Å²) < 4.78 is 0. The third kappa shape index (κ3) is 2.66. The summed E-state index contributed by atoms with van der Waals surface area (Å²) in [6.45, 7) is 0. The van der Waals surface area contributed by atoms with Crippen molar-refractivity contribution in [2.45, 2.75) is 12.5 Å². The zero-order valence-corrected chi connectivity index (χ0v) is 11.0. The molecule has 0 spiro atoms. The molecule has 3 rings (SSSR count). The Kier molecular flexibility index (Phi) is 3.67. The smallest absolute Gasteiger partial charge is 0.0702 e. The lowest BCUT2D eigenvalue weighted by Gasteiger charge is -2.16. The second kappa shape index (κ2) is 5.77. The number of hydrazine groups is 1. The zero-order valence-electron chi connectivity index (χ0n) is 11.0. The first kappa shape index (κ1) is 12.7. The summed E-state index contributed by atoms with van der Waals surface area (Å²) in [5, 5.41) is 1.12. The van der Waals surface area contributed by atoms with Crippen LogP contribution in [0.4, 0.5) is 0 Å². The van der Waals surface area contributed by atoms with Crippen molar-refractivity contribution in [2.24, 2.45) is 5.84 Å². The van der Waals surface area contributed by atoms with Gasteiger partial charge in [-0.3, -0.25) is 21.2 Å². The lowest BCUT2D eigenvalue weighted by Crippen LogP contribution is -2.29. The maximum Gasteiger partial charge on any atom is 0.0702 e. The topological polar surface area (TPSA) is 63.8 Å². The molecule has 3 N–H and O–H groups in total. The standard InChI is InChI=1S/C16H16N4/c17-20-16(9-12-3-1-7-18-11-12)14-5-6-15-13(10-14)4-2-8-19-15/h1-8,10-11,16,20H,9,17H2. The molecule has 20 heavy (non-hydrogen) atoms. The van der Waals surface area contributed by atoms with Crippen LogP contribution >= 0.6 is 0 Å². The molecule has 0 fully saturated rings. The Morgan fingerprint density at radius 3 is 2.80 bits per heavy atom. The van der Waals surface area contributed by atoms with Gasteiger partial charge in [-0.15, -0.1) is 0 Å². The van der Waals surface area contributed by atoms with Crippen LogP contribution in [0.1, 0.15) is 17.2 Å². The normalized spacial score (nSPS) is 12.4. The first-order valence-corrected chi connectivity index (χ1v) is 6.56. The highest BCUT2D eigenvalue weighted by atomic mass is 15.2. The number of fused-ring (bicyclic) bond motifs is 1. The lowest BCUT2D eigenvalue weighted by molar-refractivity contribution is 0.552. The molecule has 0 saturated carbocycles. The van der Waals surface area contributed by atoms with Gasteiger partial charge < -0.3 is 0 Å². The van der Waals surface area contributed by atoms with Crippen LogP contribution < -0.4 is 11.3 Å². The molecular weight excluding hydrogens is 248 g/mol. The highest BCUT2D eigenvalue weighted by molar-refractivity contribution is 5.79. The minimum atomic E-state index is 0.0591. The van der Waals surface area contributed by atoms with Crippen molar-refractivity contribution in [2.75, 3.05) is 0 Å². The third-order valence-corrected chi connectivity index (χ3v) is 3.39. The van der Waals surface area contributed by atoms with Gasteiger partial charge in [-0.2, -0.15) is 0 Å². The van der Waals surface area contributed by atoms with Gasteiger partial charge in [0.2, 0.25) is 0 Å². The van der Waals surface area contributed by atoms with Gasteiger partial charge in [0.1, 0.15) is 0 Å². The third-order valence-electron chi connectivity index (χ3n) is 3.39. The summed E-state index contributed by atoms with van der Waals surface area (Å²) in [6.07, 6.45) is 6.25. The minimum absolute atomic E-state index is 0.0591. The number of nitrogens with zero attached hydrogens (tertiary/aromatic N) is 2. The number of benzene rings is 1. The summed E-state index contributed by atoms with van der Waals surface area (Å²) in [7, 11) is 0. The summed E-state index contributed by atoms with van der Waals surface area (Å²) in [4.78, 5) is 8.47. The molecule has 0 aliphatic heterocycles. The van der Waals surface area contributed by atoms with Crippen LogP contribution in [0.15, 0.2) is 61.1 Å². The Labute approximate surface area is 117 Å². The van der Waals surface area contributed by atoms with Crippen molar-refractivity contribution in [3.05, 3.63) is 72.2 Å². The van der Waals surface area contributed by atoms with Crippen LogP contribution in [0, 0.1) is 0 Å². The maximum absolute atomic E-state index is 5.71. The van der Waals surface area contributed by atoms with E-state index in [4.69, 9.17) is 5.84 Å². The molecule has 0 amide bonds. The van der Waals surface area contributed by atoms with Crippen molar-refractivity contribution in [3.63, 3.8) is 0 Å². The predicted octanol–water partition coefficient (Wildman–Crippen LogP) is 2.38. The fourth-order valence-electron chi connectivity index (χ4n) is 2.34. The highest BCUT2D eigenvalue weighted by Gasteiger charge is 2.11. The predicted molar refractivity (Wildman–Crippen MR) is 79.7 cm³/mol. The quantitative estimate of drug-likeness (QED) is 0.561. The van der Waals surface area contributed by atoms with Crippen LogP contribution in [-0.4, -0.2) is 9.97 Å². The monoisotopic (exact) mass is 264 g/mol. The SMILES string of the molecule is NNC(Cc1cccnc1)c1ccc2ncccc2c1. The Hall–Kier alpha value is -2.30. The van der Waals surface area contributed by atoms with Gasteiger partial charge in [-0.1, -0.05) is 18.2 Å². The molecule has 1 aromatic carbocycles. The van der Waals surface area contributed by atoms with E-state index in [1.165, 1.54) is 0 Å². The molecule has 0 bridgehead atoms. The van der Waals surface area contributed by atoms with Crippen molar-refractivity contribution in [3.8, 4) is 0 Å². The van der Waals surface area contributed by atoms with Crippen LogP contribution in [0.3, 0.4) is 0 Å². The van der Waals surface area contributed by atoms with Crippen molar-refractivity contribution < 1.29 is 0 Å². The number of aromatic nitrogens is 2. The Balaban J connectivity index is 1.91. The van der Waals surface area contributed by atoms with Crippen LogP contribution in [0.2, 0.25) is 0 Å². The Morgan fingerprint density at radius 1 is 1.10 bits per heavy atom. The average molecular weight is 264 g/mol. The summed E-state index contributed by atoms with van der Waals surface area (Å²) >= 11 is 0. The largest absolute Gasteiger partial charge is 0.271 e. The van der Waals surface area contributed by atoms with E-state index in [-0.39, 0.29) is 6.04 Å². The number of hydrogen-bond donors (Lipinski definition) is 2. The van der Waals surface area contributed by atoms with E-state index in [1.54, 1.807) is 12.4 Å². The first-order chi connectivity index (χ1) is 9.86. The molecule has 0 aliphatic carbocycles. The van der Waals surface area contributed by atoms with Crippen molar-refractivity contribution in [1.29, 1.82) is 0 Å². The molecule has 0 saturated heterocycles. The Morgan fingerprint density at radius 2 is 2.00 bits per heavy atom. The highest BCUT2D eigenvalue weighted by Crippen LogP contribution is 2.21. The molecule has 0 radical (unpaired) electrons. The Bertz CT molecular complexity index is 697. The van der Waals surface area contributed by atoms with Crippen molar-refractivity contribution >= 4 is 10.9 Å². The molecule has 4 heteroatoms. The van der Waals surface area contributed by atoms with E-state index in [9.17, 15) is 0 Å². The number of nitrogens with two attached hydrogens (primary N) is 1. The second-order valence-electron chi connectivity index (χ2n) is 4.74. The maximum atomic E-state index is 5.71. The van der Waals surface area contributed by atoms with E-state index < -0.39 is 0 Å². The number of pyridine rings is 2. The number of nitrogens with one attached hydrogen (secondary N) is 1. The van der Waals surface area contributed by atoms with E-state index in [0.717, 1.165) is 28.5 Å². The molecule has 3 aromatic rings. The lowest BCUT2D eigenvalue weighted by atomic mass is 9.99. The summed E-state index contributed by atoms with van der Waals surface area (Å²) in [5.41, 5.74) is 6.18. The molecule has 2 aromatic heterocycles. The van der Waals surface area contributed by atoms with Crippen LogP contribution in [0.25, 0.3) is 10.9 Å². The van der Waals surface area contributed by atoms with Gasteiger partial charge in [-0.25, -0.2) is 0 Å². The van der Waals surface area contributed by atoms with Gasteiger partial charge in [0.15, 0.2) is 0 Å². The van der Waals surface area contributed by atoms with E-state index in [0.29, 0.717) is 0 Å². The van der Waals surface area contributed by atoms with Crippen molar-refractivity contribution in [1.82, 2.24) is 15.4 Å². The molecule has 1 atom stereocenters. The summed E-state index contributed by atoms with van der Waals surface area (Å²) in [5.74, 6) is 5.71. The van der Waals surface area contributed by atoms with Crippen LogP contribution in [-0.2, 0) is 6.42 Å². The van der Waals surface area contributed by atoms with Gasteiger partial charge in [-0.05, 0) is 41.8 Å². The zero-order chi connectivity index (χ0) is 13.8. The second-order valence-corrected chi connectivity index (χ2v) is 4.74. The summed E-state index contributed by atoms with van der Waals surface area (Å²) in [6, 6.07) is 14.3. The number of rotatable bonds is 4. The molecule has 100 valence electrons. The fraction of sp³-hybridized carbons (Fsp3) is 0.125. The van der Waals surface area contributed by atoms with Crippen LogP contribution in [0.5, 0.6) is 0 Å².